The van der Waals surface area contributed by atoms with Gasteiger partial charge in [0.1, 0.15) is 9.84 Å². The first kappa shape index (κ1) is 11.9. The number of nitrogens with one attached hydrogen (secondary N) is 1. The lowest BCUT2D eigenvalue weighted by Gasteiger charge is -2.22. The molecule has 84 valence electrons. The van der Waals surface area contributed by atoms with E-state index in [0.717, 1.165) is 0 Å². The molecule has 0 saturated carbocycles. The van der Waals surface area contributed by atoms with Crippen LogP contribution in [0.5, 0.6) is 0 Å². The third kappa shape index (κ3) is 4.39. The third-order valence-electron chi connectivity index (χ3n) is 2.22. The maximum absolute atomic E-state index is 11.1. The maximum Gasteiger partial charge on any atom is 0.150 e. The summed E-state index contributed by atoms with van der Waals surface area (Å²) in [5.74, 6) is 1.07. The summed E-state index contributed by atoms with van der Waals surface area (Å²) in [4.78, 5) is 5.26. The van der Waals surface area contributed by atoms with Crippen molar-refractivity contribution < 1.29 is 13.3 Å². The molecule has 1 aliphatic rings. The fourth-order valence-corrected chi connectivity index (χ4v) is 2.83. The van der Waals surface area contributed by atoms with Crippen LogP contribution >= 0.6 is 0 Å². The molecule has 1 rings (SSSR count). The van der Waals surface area contributed by atoms with Crippen LogP contribution in [0.2, 0.25) is 0 Å². The lowest BCUT2D eigenvalue weighted by molar-refractivity contribution is -0.00106. The quantitative estimate of drug-likeness (QED) is 0.711. The summed E-state index contributed by atoms with van der Waals surface area (Å²) < 4.78 is 22.2. The van der Waals surface area contributed by atoms with Gasteiger partial charge in [0, 0.05) is 6.04 Å². The molecule has 0 amide bonds. The Balaban J connectivity index is 2.16. The summed E-state index contributed by atoms with van der Waals surface area (Å²) >= 11 is 0. The van der Waals surface area contributed by atoms with E-state index in [1.807, 2.05) is 0 Å². The van der Waals surface area contributed by atoms with E-state index >= 15 is 0 Å². The molecule has 1 heterocycles. The zero-order chi connectivity index (χ0) is 10.6. The molecule has 0 unspecified atom stereocenters. The molecule has 0 aromatic heterocycles. The van der Waals surface area contributed by atoms with Crippen molar-refractivity contribution in [2.45, 2.75) is 32.7 Å². The van der Waals surface area contributed by atoms with Crippen molar-refractivity contribution in [1.29, 1.82) is 0 Å². The fraction of sp³-hybridized carbons (Fsp3) is 1.00. The largest absolute Gasteiger partial charge is 0.301 e. The number of hydrogen-bond donors (Lipinski definition) is 1. The van der Waals surface area contributed by atoms with E-state index in [4.69, 9.17) is 4.84 Å². The Morgan fingerprint density at radius 2 is 1.93 bits per heavy atom. The predicted octanol–water partition coefficient (Wildman–Crippen LogP) is 0.741. The molecule has 0 spiro atoms. The van der Waals surface area contributed by atoms with E-state index in [9.17, 15) is 8.42 Å². The van der Waals surface area contributed by atoms with E-state index < -0.39 is 9.84 Å². The van der Waals surface area contributed by atoms with Gasteiger partial charge in [-0.2, -0.15) is 5.48 Å². The smallest absolute Gasteiger partial charge is 0.150 e. The number of hydrogen-bond acceptors (Lipinski definition) is 4. The van der Waals surface area contributed by atoms with E-state index in [2.05, 4.69) is 19.3 Å². The summed E-state index contributed by atoms with van der Waals surface area (Å²) in [6, 6.07) is 0.206. The Morgan fingerprint density at radius 3 is 2.43 bits per heavy atom. The normalized spacial score (nSPS) is 22.8. The molecule has 5 heteroatoms. The van der Waals surface area contributed by atoms with Crippen LogP contribution in [0.25, 0.3) is 0 Å². The van der Waals surface area contributed by atoms with Gasteiger partial charge in [0.25, 0.3) is 0 Å². The Bertz CT molecular complexity index is 247. The van der Waals surface area contributed by atoms with Gasteiger partial charge in [-0.3, -0.25) is 0 Å². The Hall–Kier alpha value is -0.130. The first-order valence-electron chi connectivity index (χ1n) is 5.07. The second-order valence-electron chi connectivity index (χ2n) is 4.25. The van der Waals surface area contributed by atoms with Crippen molar-refractivity contribution in [2.24, 2.45) is 5.92 Å². The first-order chi connectivity index (χ1) is 6.49. The van der Waals surface area contributed by atoms with E-state index in [1.54, 1.807) is 0 Å². The Labute approximate surface area is 85.9 Å². The monoisotopic (exact) mass is 221 g/mol. The van der Waals surface area contributed by atoms with Crippen LogP contribution in [0.4, 0.5) is 0 Å². The highest BCUT2D eigenvalue weighted by atomic mass is 32.2. The molecular weight excluding hydrogens is 202 g/mol. The molecule has 4 nitrogen and oxygen atoms in total. The van der Waals surface area contributed by atoms with Crippen molar-refractivity contribution in [3.63, 3.8) is 0 Å². The SMILES string of the molecule is CC(C)CONC1CCS(=O)(=O)CC1. The average molecular weight is 221 g/mol. The van der Waals surface area contributed by atoms with Gasteiger partial charge in [0.15, 0.2) is 0 Å². The van der Waals surface area contributed by atoms with Gasteiger partial charge in [-0.15, -0.1) is 0 Å². The molecular formula is C9H19NO3S. The zero-order valence-electron chi connectivity index (χ0n) is 8.82. The molecule has 0 atom stereocenters. The fourth-order valence-electron chi connectivity index (χ4n) is 1.34. The Kier molecular flexibility index (Phi) is 4.34. The highest BCUT2D eigenvalue weighted by Crippen LogP contribution is 2.12. The highest BCUT2D eigenvalue weighted by Gasteiger charge is 2.23. The molecule has 1 saturated heterocycles. The molecule has 0 aromatic rings. The molecule has 0 radical (unpaired) electrons. The van der Waals surface area contributed by atoms with Crippen LogP contribution in [0.15, 0.2) is 0 Å². The van der Waals surface area contributed by atoms with Gasteiger partial charge in [-0.25, -0.2) is 8.42 Å². The van der Waals surface area contributed by atoms with E-state index in [0.29, 0.717) is 25.4 Å². The van der Waals surface area contributed by atoms with Crippen molar-refractivity contribution in [2.75, 3.05) is 18.1 Å². The van der Waals surface area contributed by atoms with Gasteiger partial charge < -0.3 is 4.84 Å². The lowest BCUT2D eigenvalue weighted by atomic mass is 10.2. The molecule has 0 aliphatic carbocycles. The second-order valence-corrected chi connectivity index (χ2v) is 6.55. The standard InChI is InChI=1S/C9H19NO3S/c1-8(2)7-13-10-9-3-5-14(11,12)6-4-9/h8-10H,3-7H2,1-2H3. The van der Waals surface area contributed by atoms with Crippen molar-refractivity contribution in [1.82, 2.24) is 5.48 Å². The minimum Gasteiger partial charge on any atom is -0.301 e. The minimum atomic E-state index is -2.75. The van der Waals surface area contributed by atoms with Gasteiger partial charge >= 0.3 is 0 Å². The maximum atomic E-state index is 11.1. The van der Waals surface area contributed by atoms with Crippen LogP contribution in [0.3, 0.4) is 0 Å². The van der Waals surface area contributed by atoms with Gasteiger partial charge in [0.2, 0.25) is 0 Å². The number of sulfone groups is 1. The second kappa shape index (κ2) is 5.09. The van der Waals surface area contributed by atoms with Crippen LogP contribution < -0.4 is 5.48 Å². The average Bonchev–Trinajstić information content (AvgIpc) is 2.07. The summed E-state index contributed by atoms with van der Waals surface area (Å²) in [5, 5.41) is 0. The Morgan fingerprint density at radius 1 is 1.36 bits per heavy atom. The van der Waals surface area contributed by atoms with Crippen molar-refractivity contribution in [3.05, 3.63) is 0 Å². The lowest BCUT2D eigenvalue weighted by Crippen LogP contribution is -2.38. The zero-order valence-corrected chi connectivity index (χ0v) is 9.64. The summed E-state index contributed by atoms with van der Waals surface area (Å²) in [6.07, 6.45) is 1.33. The molecule has 14 heavy (non-hydrogen) atoms. The molecule has 1 N–H and O–H groups in total. The van der Waals surface area contributed by atoms with Gasteiger partial charge in [-0.1, -0.05) is 13.8 Å². The van der Waals surface area contributed by atoms with Crippen molar-refractivity contribution in [3.8, 4) is 0 Å². The van der Waals surface area contributed by atoms with Crippen LogP contribution in [0.1, 0.15) is 26.7 Å². The molecule has 0 bridgehead atoms. The van der Waals surface area contributed by atoms with E-state index in [1.165, 1.54) is 0 Å². The van der Waals surface area contributed by atoms with Crippen LogP contribution in [-0.4, -0.2) is 32.6 Å². The summed E-state index contributed by atoms with van der Waals surface area (Å²) in [7, 11) is -2.75. The summed E-state index contributed by atoms with van der Waals surface area (Å²) in [6.45, 7) is 4.82. The molecule has 1 fully saturated rings. The van der Waals surface area contributed by atoms with Crippen LogP contribution in [0, 0.1) is 5.92 Å². The summed E-state index contributed by atoms with van der Waals surface area (Å²) in [5.41, 5.74) is 2.93. The van der Waals surface area contributed by atoms with Gasteiger partial charge in [-0.05, 0) is 18.8 Å². The van der Waals surface area contributed by atoms with Crippen LogP contribution in [-0.2, 0) is 14.7 Å². The third-order valence-corrected chi connectivity index (χ3v) is 3.94. The molecule has 1 aliphatic heterocycles. The molecule has 0 aromatic carbocycles. The topological polar surface area (TPSA) is 55.4 Å². The number of rotatable bonds is 4. The number of hydroxylamine groups is 1. The minimum absolute atomic E-state index is 0.206. The van der Waals surface area contributed by atoms with Crippen molar-refractivity contribution >= 4 is 9.84 Å². The first-order valence-corrected chi connectivity index (χ1v) is 6.89. The predicted molar refractivity (Wildman–Crippen MR) is 55.6 cm³/mol. The van der Waals surface area contributed by atoms with E-state index in [-0.39, 0.29) is 17.5 Å². The van der Waals surface area contributed by atoms with Gasteiger partial charge in [0.05, 0.1) is 18.1 Å². The highest BCUT2D eigenvalue weighted by molar-refractivity contribution is 7.91.